The third-order valence-electron chi connectivity index (χ3n) is 4.59. The molecule has 0 bridgehead atoms. The normalized spacial score (nSPS) is 19.4. The van der Waals surface area contributed by atoms with Gasteiger partial charge in [-0.2, -0.15) is 0 Å². The molecule has 2 heterocycles. The highest BCUT2D eigenvalue weighted by atomic mass is 16.3. The van der Waals surface area contributed by atoms with Gasteiger partial charge in [0.15, 0.2) is 0 Å². The van der Waals surface area contributed by atoms with E-state index in [0.29, 0.717) is 13.0 Å². The van der Waals surface area contributed by atoms with Gasteiger partial charge in [-0.15, -0.1) is 0 Å². The Morgan fingerprint density at radius 1 is 1.38 bits per heavy atom. The molecule has 1 aliphatic rings. The van der Waals surface area contributed by atoms with E-state index >= 15 is 0 Å². The van der Waals surface area contributed by atoms with Crippen LogP contribution >= 0.6 is 0 Å². The highest BCUT2D eigenvalue weighted by Gasteiger charge is 2.26. The molecule has 1 aliphatic heterocycles. The molecule has 1 aromatic heterocycles. The molecule has 24 heavy (non-hydrogen) atoms. The Hall–Kier alpha value is -2.50. The van der Waals surface area contributed by atoms with E-state index < -0.39 is 6.04 Å². The van der Waals surface area contributed by atoms with Crippen LogP contribution in [0.25, 0.3) is 11.0 Å². The Bertz CT molecular complexity index is 707. The number of furan rings is 1. The number of benzene rings is 1. The van der Waals surface area contributed by atoms with Crippen LogP contribution in [0.5, 0.6) is 0 Å². The van der Waals surface area contributed by atoms with E-state index in [9.17, 15) is 9.59 Å². The molecule has 0 saturated carbocycles. The maximum absolute atomic E-state index is 12.5. The molecule has 1 fully saturated rings. The highest BCUT2D eigenvalue weighted by Crippen LogP contribution is 2.26. The van der Waals surface area contributed by atoms with Crippen LogP contribution in [0.15, 0.2) is 34.7 Å². The SMILES string of the molecule is CC(c1cc2ccccc2o1)N(C)C(=O)NC1CCCCNC1=O. The van der Waals surface area contributed by atoms with Crippen molar-refractivity contribution in [3.63, 3.8) is 0 Å². The Kier molecular flexibility index (Phi) is 4.74. The van der Waals surface area contributed by atoms with E-state index in [0.717, 1.165) is 29.6 Å². The van der Waals surface area contributed by atoms with Crippen LogP contribution < -0.4 is 10.6 Å². The van der Waals surface area contributed by atoms with Gasteiger partial charge in [-0.3, -0.25) is 4.79 Å². The molecule has 0 spiro atoms. The van der Waals surface area contributed by atoms with Crippen LogP contribution in [0, 0.1) is 0 Å². The lowest BCUT2D eigenvalue weighted by Gasteiger charge is -2.26. The van der Waals surface area contributed by atoms with Crippen molar-refractivity contribution in [2.45, 2.75) is 38.3 Å². The molecule has 6 heteroatoms. The Morgan fingerprint density at radius 3 is 2.96 bits per heavy atom. The minimum Gasteiger partial charge on any atom is -0.459 e. The number of amides is 3. The largest absolute Gasteiger partial charge is 0.459 e. The molecule has 1 aromatic carbocycles. The van der Waals surface area contributed by atoms with Gasteiger partial charge in [-0.25, -0.2) is 4.79 Å². The Balaban J connectivity index is 1.68. The third-order valence-corrected chi connectivity index (χ3v) is 4.59. The van der Waals surface area contributed by atoms with Gasteiger partial charge < -0.3 is 20.0 Å². The molecule has 3 amide bonds. The first kappa shape index (κ1) is 16.4. The second kappa shape index (κ2) is 6.95. The summed E-state index contributed by atoms with van der Waals surface area (Å²) in [4.78, 5) is 26.0. The van der Waals surface area contributed by atoms with Crippen molar-refractivity contribution >= 4 is 22.9 Å². The predicted molar refractivity (Wildman–Crippen MR) is 91.6 cm³/mol. The topological polar surface area (TPSA) is 74.6 Å². The second-order valence-corrected chi connectivity index (χ2v) is 6.26. The van der Waals surface area contributed by atoms with Gasteiger partial charge in [0.2, 0.25) is 5.91 Å². The number of carbonyl (C=O) groups excluding carboxylic acids is 2. The summed E-state index contributed by atoms with van der Waals surface area (Å²) in [5.74, 6) is 0.616. The lowest BCUT2D eigenvalue weighted by Crippen LogP contribution is -2.49. The lowest BCUT2D eigenvalue weighted by atomic mass is 10.1. The molecular weight excluding hydrogens is 306 g/mol. The number of hydrogen-bond donors (Lipinski definition) is 2. The molecule has 2 N–H and O–H groups in total. The molecule has 1 saturated heterocycles. The van der Waals surface area contributed by atoms with E-state index in [1.807, 2.05) is 37.3 Å². The smallest absolute Gasteiger partial charge is 0.318 e. The molecule has 128 valence electrons. The number of nitrogens with zero attached hydrogens (tertiary/aromatic N) is 1. The summed E-state index contributed by atoms with van der Waals surface area (Å²) in [5.41, 5.74) is 0.802. The van der Waals surface area contributed by atoms with E-state index in [1.54, 1.807) is 11.9 Å². The highest BCUT2D eigenvalue weighted by molar-refractivity contribution is 5.87. The number of urea groups is 1. The number of fused-ring (bicyclic) bond motifs is 1. The van der Waals surface area contributed by atoms with Crippen LogP contribution in [-0.4, -0.2) is 36.5 Å². The van der Waals surface area contributed by atoms with E-state index in [2.05, 4.69) is 10.6 Å². The molecule has 2 atom stereocenters. The predicted octanol–water partition coefficient (Wildman–Crippen LogP) is 2.80. The molecule has 0 radical (unpaired) electrons. The Morgan fingerprint density at radius 2 is 2.17 bits per heavy atom. The minimum atomic E-state index is -0.467. The second-order valence-electron chi connectivity index (χ2n) is 6.26. The van der Waals surface area contributed by atoms with Crippen molar-refractivity contribution in [1.29, 1.82) is 0 Å². The summed E-state index contributed by atoms with van der Waals surface area (Å²) in [5, 5.41) is 6.66. The number of para-hydroxylation sites is 1. The lowest BCUT2D eigenvalue weighted by molar-refractivity contribution is -0.122. The average molecular weight is 329 g/mol. The Labute approximate surface area is 141 Å². The first-order valence-electron chi connectivity index (χ1n) is 8.36. The maximum atomic E-state index is 12.5. The molecule has 2 unspecified atom stereocenters. The summed E-state index contributed by atoms with van der Waals surface area (Å²) < 4.78 is 5.83. The fraction of sp³-hybridized carbons (Fsp3) is 0.444. The summed E-state index contributed by atoms with van der Waals surface area (Å²) in [7, 11) is 1.71. The monoisotopic (exact) mass is 329 g/mol. The number of nitrogens with one attached hydrogen (secondary N) is 2. The number of hydrogen-bond acceptors (Lipinski definition) is 3. The van der Waals surface area contributed by atoms with Crippen LogP contribution in [0.4, 0.5) is 4.79 Å². The summed E-state index contributed by atoms with van der Waals surface area (Å²) in [6.45, 7) is 2.58. The first-order valence-corrected chi connectivity index (χ1v) is 8.36. The van der Waals surface area contributed by atoms with Gasteiger partial charge in [-0.05, 0) is 38.3 Å². The standard InChI is InChI=1S/C18H23N3O3/c1-12(16-11-13-7-3-4-9-15(13)24-16)21(2)18(23)20-14-8-5-6-10-19-17(14)22/h3-4,7,9,11-12,14H,5-6,8,10H2,1-2H3,(H,19,22)(H,20,23). The fourth-order valence-electron chi connectivity index (χ4n) is 2.90. The van der Waals surface area contributed by atoms with Crippen molar-refractivity contribution in [3.8, 4) is 0 Å². The zero-order chi connectivity index (χ0) is 17.1. The summed E-state index contributed by atoms with van der Waals surface area (Å²) in [6.07, 6.45) is 2.54. The molecule has 2 aromatic rings. The number of carbonyl (C=O) groups is 2. The average Bonchev–Trinajstić information content (AvgIpc) is 2.92. The zero-order valence-corrected chi connectivity index (χ0v) is 14.0. The third kappa shape index (κ3) is 3.37. The van der Waals surface area contributed by atoms with Gasteiger partial charge in [0, 0.05) is 19.0 Å². The fourth-order valence-corrected chi connectivity index (χ4v) is 2.90. The van der Waals surface area contributed by atoms with E-state index in [1.165, 1.54) is 0 Å². The van der Waals surface area contributed by atoms with Crippen molar-refractivity contribution in [1.82, 2.24) is 15.5 Å². The molecule has 6 nitrogen and oxygen atoms in total. The molecule has 3 rings (SSSR count). The van der Waals surface area contributed by atoms with Crippen molar-refractivity contribution < 1.29 is 14.0 Å². The zero-order valence-electron chi connectivity index (χ0n) is 14.0. The molecule has 0 aliphatic carbocycles. The van der Waals surface area contributed by atoms with Crippen molar-refractivity contribution in [3.05, 3.63) is 36.1 Å². The summed E-state index contributed by atoms with van der Waals surface area (Å²) in [6, 6.07) is 8.73. The minimum absolute atomic E-state index is 0.106. The van der Waals surface area contributed by atoms with Gasteiger partial charge in [-0.1, -0.05) is 18.2 Å². The first-order chi connectivity index (χ1) is 11.6. The maximum Gasteiger partial charge on any atom is 0.318 e. The van der Waals surface area contributed by atoms with Crippen molar-refractivity contribution in [2.24, 2.45) is 0 Å². The quantitative estimate of drug-likeness (QED) is 0.909. The van der Waals surface area contributed by atoms with E-state index in [4.69, 9.17) is 4.42 Å². The van der Waals surface area contributed by atoms with Crippen LogP contribution in [0.1, 0.15) is 38.0 Å². The van der Waals surface area contributed by atoms with Crippen LogP contribution in [-0.2, 0) is 4.79 Å². The van der Waals surface area contributed by atoms with Gasteiger partial charge in [0.05, 0.1) is 6.04 Å². The van der Waals surface area contributed by atoms with Gasteiger partial charge in [0.25, 0.3) is 0 Å². The molecular formula is C18H23N3O3. The van der Waals surface area contributed by atoms with E-state index in [-0.39, 0.29) is 18.0 Å². The van der Waals surface area contributed by atoms with Gasteiger partial charge in [0.1, 0.15) is 17.4 Å². The van der Waals surface area contributed by atoms with Crippen molar-refractivity contribution in [2.75, 3.05) is 13.6 Å². The summed E-state index contributed by atoms with van der Waals surface area (Å²) >= 11 is 0. The van der Waals surface area contributed by atoms with Crippen LogP contribution in [0.2, 0.25) is 0 Å². The van der Waals surface area contributed by atoms with Crippen LogP contribution in [0.3, 0.4) is 0 Å². The van der Waals surface area contributed by atoms with Gasteiger partial charge >= 0.3 is 6.03 Å². The number of rotatable bonds is 3.